The standard InChI is InChI=1S/C11H14O2S/c1-3-8(12)7-10(13)11-6-5-9(4-2)14-11/h5-6H,3-4,7H2,1-2H3. The maximum Gasteiger partial charge on any atom is 0.180 e. The molecule has 1 heterocycles. The Kier molecular flexibility index (Phi) is 4.01. The van der Waals surface area contributed by atoms with Gasteiger partial charge in [-0.05, 0) is 18.6 Å². The van der Waals surface area contributed by atoms with Gasteiger partial charge in [0.05, 0.1) is 11.3 Å². The van der Waals surface area contributed by atoms with E-state index in [9.17, 15) is 9.59 Å². The van der Waals surface area contributed by atoms with Gasteiger partial charge in [0.1, 0.15) is 5.78 Å². The van der Waals surface area contributed by atoms with Crippen LogP contribution in [0.4, 0.5) is 0 Å². The highest BCUT2D eigenvalue weighted by molar-refractivity contribution is 7.14. The molecule has 0 atom stereocenters. The van der Waals surface area contributed by atoms with Crippen LogP contribution in [0.1, 0.15) is 41.2 Å². The normalized spacial score (nSPS) is 10.1. The lowest BCUT2D eigenvalue weighted by molar-refractivity contribution is -0.117. The summed E-state index contributed by atoms with van der Waals surface area (Å²) in [4.78, 5) is 24.5. The quantitative estimate of drug-likeness (QED) is 0.553. The fourth-order valence-electron chi connectivity index (χ4n) is 1.11. The third-order valence-corrected chi connectivity index (χ3v) is 3.31. The molecule has 0 radical (unpaired) electrons. The smallest absolute Gasteiger partial charge is 0.180 e. The highest BCUT2D eigenvalue weighted by Gasteiger charge is 2.12. The molecule has 0 N–H and O–H groups in total. The van der Waals surface area contributed by atoms with E-state index in [0.29, 0.717) is 11.3 Å². The van der Waals surface area contributed by atoms with Crippen molar-refractivity contribution in [1.29, 1.82) is 0 Å². The molecule has 0 aliphatic heterocycles. The molecule has 0 amide bonds. The van der Waals surface area contributed by atoms with Gasteiger partial charge in [0.2, 0.25) is 0 Å². The third kappa shape index (κ3) is 2.77. The largest absolute Gasteiger partial charge is 0.299 e. The zero-order valence-electron chi connectivity index (χ0n) is 8.50. The Hall–Kier alpha value is -0.960. The van der Waals surface area contributed by atoms with Crippen LogP contribution in [0.15, 0.2) is 12.1 Å². The molecule has 1 aromatic rings. The Morgan fingerprint density at radius 2 is 2.00 bits per heavy atom. The van der Waals surface area contributed by atoms with E-state index >= 15 is 0 Å². The van der Waals surface area contributed by atoms with Crippen molar-refractivity contribution < 1.29 is 9.59 Å². The van der Waals surface area contributed by atoms with Gasteiger partial charge in [-0.2, -0.15) is 0 Å². The van der Waals surface area contributed by atoms with Crippen LogP contribution < -0.4 is 0 Å². The SMILES string of the molecule is CCC(=O)CC(=O)c1ccc(CC)s1. The minimum absolute atomic E-state index is 0.0152. The van der Waals surface area contributed by atoms with E-state index in [4.69, 9.17) is 0 Å². The number of hydrogen-bond donors (Lipinski definition) is 0. The first-order valence-electron chi connectivity index (χ1n) is 4.81. The minimum Gasteiger partial charge on any atom is -0.299 e. The van der Waals surface area contributed by atoms with Crippen LogP contribution in [-0.4, -0.2) is 11.6 Å². The molecule has 3 heteroatoms. The molecule has 0 saturated heterocycles. The Labute approximate surface area is 87.9 Å². The molecule has 2 nitrogen and oxygen atoms in total. The van der Waals surface area contributed by atoms with Crippen molar-refractivity contribution in [3.8, 4) is 0 Å². The first kappa shape index (κ1) is 11.1. The highest BCUT2D eigenvalue weighted by Crippen LogP contribution is 2.18. The Morgan fingerprint density at radius 1 is 1.29 bits per heavy atom. The first-order chi connectivity index (χ1) is 6.67. The maximum atomic E-state index is 11.5. The zero-order chi connectivity index (χ0) is 10.6. The number of Topliss-reactive ketones (excluding diaryl/α,β-unsaturated/α-hetero) is 2. The molecule has 0 aliphatic rings. The van der Waals surface area contributed by atoms with E-state index in [-0.39, 0.29) is 18.0 Å². The van der Waals surface area contributed by atoms with Gasteiger partial charge in [0, 0.05) is 11.3 Å². The summed E-state index contributed by atoms with van der Waals surface area (Å²) in [7, 11) is 0. The van der Waals surface area contributed by atoms with E-state index in [1.807, 2.05) is 12.1 Å². The second kappa shape index (κ2) is 5.05. The molecule has 0 bridgehead atoms. The molecule has 0 spiro atoms. The number of hydrogen-bond acceptors (Lipinski definition) is 3. The zero-order valence-corrected chi connectivity index (χ0v) is 9.32. The van der Waals surface area contributed by atoms with Gasteiger partial charge in [0.25, 0.3) is 0 Å². The second-order valence-electron chi connectivity index (χ2n) is 3.11. The first-order valence-corrected chi connectivity index (χ1v) is 5.62. The summed E-state index contributed by atoms with van der Waals surface area (Å²) in [5.41, 5.74) is 0. The number of carbonyl (C=O) groups excluding carboxylic acids is 2. The van der Waals surface area contributed by atoms with E-state index in [0.717, 1.165) is 6.42 Å². The van der Waals surface area contributed by atoms with Crippen molar-refractivity contribution in [3.05, 3.63) is 21.9 Å². The molecule has 0 fully saturated rings. The number of thiophene rings is 1. The van der Waals surface area contributed by atoms with Crippen molar-refractivity contribution in [2.75, 3.05) is 0 Å². The van der Waals surface area contributed by atoms with Gasteiger partial charge in [0.15, 0.2) is 5.78 Å². The molecular formula is C11H14O2S. The maximum absolute atomic E-state index is 11.5. The summed E-state index contributed by atoms with van der Waals surface area (Å²) < 4.78 is 0. The van der Waals surface area contributed by atoms with Crippen LogP contribution in [0, 0.1) is 0 Å². The van der Waals surface area contributed by atoms with Gasteiger partial charge in [-0.25, -0.2) is 0 Å². The molecule has 0 unspecified atom stereocenters. The second-order valence-corrected chi connectivity index (χ2v) is 4.28. The van der Waals surface area contributed by atoms with Crippen molar-refractivity contribution in [2.45, 2.75) is 33.1 Å². The number of ketones is 2. The fraction of sp³-hybridized carbons (Fsp3) is 0.455. The highest BCUT2D eigenvalue weighted by atomic mass is 32.1. The van der Waals surface area contributed by atoms with Crippen LogP contribution in [0.5, 0.6) is 0 Å². The van der Waals surface area contributed by atoms with Gasteiger partial charge in [-0.1, -0.05) is 13.8 Å². The summed E-state index contributed by atoms with van der Waals surface area (Å²) in [5, 5.41) is 0. The third-order valence-electron chi connectivity index (χ3n) is 2.04. The Bertz CT molecular complexity index is 339. The summed E-state index contributed by atoms with van der Waals surface area (Å²) >= 11 is 1.49. The van der Waals surface area contributed by atoms with Crippen LogP contribution in [-0.2, 0) is 11.2 Å². The summed E-state index contributed by atoms with van der Waals surface area (Å²) in [6, 6.07) is 3.77. The molecular weight excluding hydrogens is 196 g/mol. The molecule has 0 aromatic carbocycles. The molecule has 76 valence electrons. The van der Waals surface area contributed by atoms with E-state index in [1.165, 1.54) is 16.2 Å². The lowest BCUT2D eigenvalue weighted by Gasteiger charge is -1.94. The van der Waals surface area contributed by atoms with Gasteiger partial charge < -0.3 is 0 Å². The Balaban J connectivity index is 2.65. The van der Waals surface area contributed by atoms with E-state index < -0.39 is 0 Å². The lowest BCUT2D eigenvalue weighted by atomic mass is 10.1. The summed E-state index contributed by atoms with van der Waals surface area (Å²) in [6.07, 6.45) is 1.44. The topological polar surface area (TPSA) is 34.1 Å². The van der Waals surface area contributed by atoms with Crippen molar-refractivity contribution >= 4 is 22.9 Å². The molecule has 0 aliphatic carbocycles. The van der Waals surface area contributed by atoms with Crippen LogP contribution in [0.25, 0.3) is 0 Å². The van der Waals surface area contributed by atoms with Crippen molar-refractivity contribution in [1.82, 2.24) is 0 Å². The van der Waals surface area contributed by atoms with Gasteiger partial charge in [-0.3, -0.25) is 9.59 Å². The van der Waals surface area contributed by atoms with Crippen molar-refractivity contribution in [2.24, 2.45) is 0 Å². The van der Waals surface area contributed by atoms with Gasteiger partial charge in [-0.15, -0.1) is 11.3 Å². The summed E-state index contributed by atoms with van der Waals surface area (Å²) in [6.45, 7) is 3.83. The van der Waals surface area contributed by atoms with Crippen molar-refractivity contribution in [3.63, 3.8) is 0 Å². The predicted molar refractivity (Wildman–Crippen MR) is 57.9 cm³/mol. The number of carbonyl (C=O) groups is 2. The Morgan fingerprint density at radius 3 is 2.50 bits per heavy atom. The average molecular weight is 210 g/mol. The van der Waals surface area contributed by atoms with Crippen LogP contribution in [0.3, 0.4) is 0 Å². The van der Waals surface area contributed by atoms with Crippen LogP contribution in [0.2, 0.25) is 0 Å². The average Bonchev–Trinajstić information content (AvgIpc) is 2.65. The van der Waals surface area contributed by atoms with Gasteiger partial charge >= 0.3 is 0 Å². The van der Waals surface area contributed by atoms with E-state index in [2.05, 4.69) is 6.92 Å². The number of aryl methyl sites for hydroxylation is 1. The number of rotatable bonds is 5. The lowest BCUT2D eigenvalue weighted by Crippen LogP contribution is -2.05. The summed E-state index contributed by atoms with van der Waals surface area (Å²) in [5.74, 6) is -0.0250. The molecule has 1 aromatic heterocycles. The van der Waals surface area contributed by atoms with Crippen LogP contribution >= 0.6 is 11.3 Å². The molecule has 0 saturated carbocycles. The molecule has 1 rings (SSSR count). The minimum atomic E-state index is -0.0402. The monoisotopic (exact) mass is 210 g/mol. The fourth-order valence-corrected chi connectivity index (χ4v) is 1.99. The predicted octanol–water partition coefficient (Wildman–Crippen LogP) is 2.86. The molecule has 14 heavy (non-hydrogen) atoms. The van der Waals surface area contributed by atoms with E-state index in [1.54, 1.807) is 6.92 Å².